The van der Waals surface area contributed by atoms with Gasteiger partial charge in [-0.3, -0.25) is 0 Å². The van der Waals surface area contributed by atoms with Crippen molar-refractivity contribution >= 4 is 29.0 Å². The van der Waals surface area contributed by atoms with E-state index >= 15 is 0 Å². The van der Waals surface area contributed by atoms with Crippen molar-refractivity contribution in [2.45, 2.75) is 19.9 Å². The lowest BCUT2D eigenvalue weighted by Gasteiger charge is -2.29. The predicted octanol–water partition coefficient (Wildman–Crippen LogP) is 2.64. The van der Waals surface area contributed by atoms with Gasteiger partial charge in [0, 0.05) is 13.7 Å². The molecule has 0 amide bonds. The Morgan fingerprint density at radius 1 is 1.50 bits per heavy atom. The highest BCUT2D eigenvalue weighted by molar-refractivity contribution is 6.33. The van der Waals surface area contributed by atoms with Gasteiger partial charge in [0.05, 0.1) is 18.8 Å². The molecule has 1 heterocycles. The van der Waals surface area contributed by atoms with Crippen molar-refractivity contribution in [3.8, 4) is 0 Å². The Morgan fingerprint density at radius 3 is 2.75 bits per heavy atom. The van der Waals surface area contributed by atoms with Gasteiger partial charge < -0.3 is 9.64 Å². The van der Waals surface area contributed by atoms with Crippen LogP contribution in [0.5, 0.6) is 0 Å². The van der Waals surface area contributed by atoms with Crippen molar-refractivity contribution in [3.05, 3.63) is 16.5 Å². The zero-order chi connectivity index (χ0) is 12.1. The maximum absolute atomic E-state index is 6.05. The highest BCUT2D eigenvalue weighted by Gasteiger charge is 2.17. The van der Waals surface area contributed by atoms with Crippen LogP contribution < -0.4 is 4.90 Å². The van der Waals surface area contributed by atoms with Crippen LogP contribution in [0.25, 0.3) is 0 Å². The Hall–Kier alpha value is -0.580. The Bertz CT molecular complexity index is 349. The van der Waals surface area contributed by atoms with Crippen molar-refractivity contribution in [3.63, 3.8) is 0 Å². The lowest BCUT2D eigenvalue weighted by molar-refractivity contribution is 0.181. The number of aromatic nitrogens is 2. The average molecular weight is 264 g/mol. The largest absolute Gasteiger partial charge is 0.383 e. The molecule has 16 heavy (non-hydrogen) atoms. The van der Waals surface area contributed by atoms with Crippen LogP contribution in [0.2, 0.25) is 10.3 Å². The number of hydrogen-bond donors (Lipinski definition) is 0. The molecule has 1 aromatic rings. The van der Waals surface area contributed by atoms with Gasteiger partial charge in [0.2, 0.25) is 5.28 Å². The summed E-state index contributed by atoms with van der Waals surface area (Å²) in [6.45, 7) is 5.45. The first kappa shape index (κ1) is 13.5. The molecular formula is C10H15Cl2N3O. The van der Waals surface area contributed by atoms with Gasteiger partial charge in [0.15, 0.2) is 5.82 Å². The van der Waals surface area contributed by atoms with Crippen LogP contribution in [0.1, 0.15) is 13.8 Å². The summed E-state index contributed by atoms with van der Waals surface area (Å²) in [5.41, 5.74) is 0. The third-order valence-electron chi connectivity index (χ3n) is 2.25. The number of methoxy groups -OCH3 is 1. The minimum Gasteiger partial charge on any atom is -0.383 e. The second kappa shape index (κ2) is 6.23. The highest BCUT2D eigenvalue weighted by Crippen LogP contribution is 2.25. The molecule has 1 aromatic heterocycles. The Balaban J connectivity index is 2.98. The number of hydrogen-bond acceptors (Lipinski definition) is 4. The fourth-order valence-corrected chi connectivity index (χ4v) is 1.87. The minimum atomic E-state index is 0.179. The molecule has 0 aromatic carbocycles. The molecule has 0 saturated carbocycles. The van der Waals surface area contributed by atoms with E-state index in [0.717, 1.165) is 6.54 Å². The lowest BCUT2D eigenvalue weighted by Crippen LogP contribution is -2.37. The smallest absolute Gasteiger partial charge is 0.224 e. The second-order valence-electron chi connectivity index (χ2n) is 3.40. The van der Waals surface area contributed by atoms with E-state index < -0.39 is 0 Å². The van der Waals surface area contributed by atoms with E-state index in [1.807, 2.05) is 18.7 Å². The van der Waals surface area contributed by atoms with E-state index in [-0.39, 0.29) is 11.3 Å². The van der Waals surface area contributed by atoms with Crippen molar-refractivity contribution in [2.75, 3.05) is 25.2 Å². The summed E-state index contributed by atoms with van der Waals surface area (Å²) in [5, 5.41) is 0.691. The summed E-state index contributed by atoms with van der Waals surface area (Å²) in [6.07, 6.45) is 1.51. The lowest BCUT2D eigenvalue weighted by atomic mass is 10.3. The van der Waals surface area contributed by atoms with Gasteiger partial charge in [-0.15, -0.1) is 0 Å². The third-order valence-corrected chi connectivity index (χ3v) is 2.70. The zero-order valence-corrected chi connectivity index (χ0v) is 11.1. The Kier molecular flexibility index (Phi) is 5.25. The third kappa shape index (κ3) is 3.20. The van der Waals surface area contributed by atoms with Gasteiger partial charge >= 0.3 is 0 Å². The van der Waals surface area contributed by atoms with Crippen LogP contribution in [0.3, 0.4) is 0 Å². The monoisotopic (exact) mass is 263 g/mol. The van der Waals surface area contributed by atoms with E-state index in [0.29, 0.717) is 17.4 Å². The van der Waals surface area contributed by atoms with Gasteiger partial charge in [0.1, 0.15) is 5.02 Å². The molecule has 0 saturated heterocycles. The number of rotatable bonds is 5. The summed E-state index contributed by atoms with van der Waals surface area (Å²) in [4.78, 5) is 9.99. The molecule has 90 valence electrons. The Morgan fingerprint density at radius 2 is 2.19 bits per heavy atom. The number of anilines is 1. The van der Waals surface area contributed by atoms with Gasteiger partial charge in [-0.05, 0) is 25.4 Å². The fourth-order valence-electron chi connectivity index (χ4n) is 1.54. The first-order valence-electron chi connectivity index (χ1n) is 5.03. The Labute approximate surface area is 106 Å². The molecule has 0 spiro atoms. The van der Waals surface area contributed by atoms with E-state index in [1.165, 1.54) is 6.20 Å². The molecule has 1 unspecified atom stereocenters. The van der Waals surface area contributed by atoms with Crippen LogP contribution in [-0.2, 0) is 4.74 Å². The van der Waals surface area contributed by atoms with Gasteiger partial charge in [-0.2, -0.15) is 4.98 Å². The molecule has 1 atom stereocenters. The molecule has 6 heteroatoms. The van der Waals surface area contributed by atoms with Gasteiger partial charge in [-0.25, -0.2) is 4.98 Å². The second-order valence-corrected chi connectivity index (χ2v) is 4.15. The normalized spacial score (nSPS) is 12.6. The molecule has 0 radical (unpaired) electrons. The molecule has 4 nitrogen and oxygen atoms in total. The minimum absolute atomic E-state index is 0.179. The maximum Gasteiger partial charge on any atom is 0.224 e. The van der Waals surface area contributed by atoms with Crippen LogP contribution in [-0.4, -0.2) is 36.3 Å². The number of likely N-dealkylation sites (N-methyl/N-ethyl adjacent to an activating group) is 1. The molecule has 0 aliphatic carbocycles. The summed E-state index contributed by atoms with van der Waals surface area (Å²) in [5.74, 6) is 0.647. The van der Waals surface area contributed by atoms with Gasteiger partial charge in [0.25, 0.3) is 0 Å². The average Bonchev–Trinajstić information content (AvgIpc) is 2.24. The molecule has 0 aliphatic heterocycles. The molecular weight excluding hydrogens is 249 g/mol. The summed E-state index contributed by atoms with van der Waals surface area (Å²) in [6, 6.07) is 0.179. The summed E-state index contributed by atoms with van der Waals surface area (Å²) < 4.78 is 5.12. The SMILES string of the molecule is CCN(c1nc(Cl)ncc1Cl)C(C)COC. The molecule has 1 rings (SSSR count). The summed E-state index contributed by atoms with van der Waals surface area (Å²) in [7, 11) is 1.67. The van der Waals surface area contributed by atoms with E-state index in [9.17, 15) is 0 Å². The van der Waals surface area contributed by atoms with Crippen molar-refractivity contribution in [1.82, 2.24) is 9.97 Å². The number of halogens is 2. The van der Waals surface area contributed by atoms with Gasteiger partial charge in [-0.1, -0.05) is 11.6 Å². The first-order valence-corrected chi connectivity index (χ1v) is 5.79. The highest BCUT2D eigenvalue weighted by atomic mass is 35.5. The van der Waals surface area contributed by atoms with E-state index in [1.54, 1.807) is 7.11 Å². The molecule has 0 aliphatic rings. The van der Waals surface area contributed by atoms with Crippen LogP contribution in [0.15, 0.2) is 6.20 Å². The molecule has 0 fully saturated rings. The fraction of sp³-hybridized carbons (Fsp3) is 0.600. The topological polar surface area (TPSA) is 38.2 Å². The van der Waals surface area contributed by atoms with Crippen LogP contribution >= 0.6 is 23.2 Å². The van der Waals surface area contributed by atoms with Crippen LogP contribution in [0.4, 0.5) is 5.82 Å². The predicted molar refractivity (Wildman–Crippen MR) is 66.4 cm³/mol. The van der Waals surface area contributed by atoms with Crippen molar-refractivity contribution in [1.29, 1.82) is 0 Å². The van der Waals surface area contributed by atoms with Crippen molar-refractivity contribution in [2.24, 2.45) is 0 Å². The molecule has 0 N–H and O–H groups in total. The number of nitrogens with zero attached hydrogens (tertiary/aromatic N) is 3. The number of ether oxygens (including phenoxy) is 1. The maximum atomic E-state index is 6.05. The molecule has 0 bridgehead atoms. The summed E-state index contributed by atoms with van der Waals surface area (Å²) >= 11 is 11.8. The van der Waals surface area contributed by atoms with E-state index in [4.69, 9.17) is 27.9 Å². The zero-order valence-electron chi connectivity index (χ0n) is 9.57. The standard InChI is InChI=1S/C10H15Cl2N3O/c1-4-15(7(2)6-16-3)9-8(11)5-13-10(12)14-9/h5,7H,4,6H2,1-3H3. The quantitative estimate of drug-likeness (QED) is 0.766. The first-order chi connectivity index (χ1) is 7.60. The van der Waals surface area contributed by atoms with Crippen molar-refractivity contribution < 1.29 is 4.74 Å². The van der Waals surface area contributed by atoms with Crippen LogP contribution in [0, 0.1) is 0 Å². The van der Waals surface area contributed by atoms with E-state index in [2.05, 4.69) is 9.97 Å².